The molecule has 1 N–H and O–H groups in total. The van der Waals surface area contributed by atoms with E-state index in [1.54, 1.807) is 6.92 Å². The van der Waals surface area contributed by atoms with Crippen LogP contribution in [0.15, 0.2) is 0 Å². The van der Waals surface area contributed by atoms with Gasteiger partial charge in [-0.2, -0.15) is 0 Å². The fourth-order valence-electron chi connectivity index (χ4n) is 3.19. The number of hydrogen-bond donors (Lipinski definition) is 1. The third-order valence-electron chi connectivity index (χ3n) is 5.05. The summed E-state index contributed by atoms with van der Waals surface area (Å²) in [6.07, 6.45) is 9.52. The summed E-state index contributed by atoms with van der Waals surface area (Å²) < 4.78 is 0. The van der Waals surface area contributed by atoms with Crippen LogP contribution in [0.3, 0.4) is 0 Å². The molecule has 148 valence electrons. The fourth-order valence-corrected chi connectivity index (χ4v) is 3.19. The van der Waals surface area contributed by atoms with E-state index in [9.17, 15) is 9.59 Å². The lowest BCUT2D eigenvalue weighted by molar-refractivity contribution is -0.131. The molecule has 2 unspecified atom stereocenters. The average Bonchev–Trinajstić information content (AvgIpc) is 2.59. The third-order valence-corrected chi connectivity index (χ3v) is 5.05. The molecule has 4 heteroatoms. The Balaban J connectivity index is 4.81. The second kappa shape index (κ2) is 15.4. The molecule has 0 heterocycles. The summed E-state index contributed by atoms with van der Waals surface area (Å²) in [5, 5.41) is 2.99. The number of carbonyl (C=O) groups is 2. The van der Waals surface area contributed by atoms with E-state index in [0.717, 1.165) is 25.9 Å². The van der Waals surface area contributed by atoms with Crippen molar-refractivity contribution in [2.75, 3.05) is 26.2 Å². The molecule has 0 aliphatic rings. The molecule has 0 aromatic rings. The standard InChI is InChI=1S/C21H42N2O2/c1-6-10-12-19(8-3)16-23(17-20(9-4)13-11-7-2)21(25)15-22-14-18(5)24/h19-20,22H,6-17H2,1-5H3. The predicted molar refractivity (Wildman–Crippen MR) is 107 cm³/mol. The maximum atomic E-state index is 12.7. The first-order valence-corrected chi connectivity index (χ1v) is 10.5. The van der Waals surface area contributed by atoms with E-state index in [0.29, 0.717) is 11.8 Å². The highest BCUT2D eigenvalue weighted by Gasteiger charge is 2.21. The summed E-state index contributed by atoms with van der Waals surface area (Å²) in [7, 11) is 0. The highest BCUT2D eigenvalue weighted by atomic mass is 16.2. The number of hydrogen-bond acceptors (Lipinski definition) is 3. The SMILES string of the molecule is CCCCC(CC)CN(CC(CC)CCCC)C(=O)CNCC(C)=O. The van der Waals surface area contributed by atoms with E-state index in [1.165, 1.54) is 38.5 Å². The molecule has 1 amide bonds. The molecule has 0 bridgehead atoms. The van der Waals surface area contributed by atoms with Crippen LogP contribution in [0, 0.1) is 11.8 Å². The minimum absolute atomic E-state index is 0.0723. The Kier molecular flexibility index (Phi) is 14.8. The van der Waals surface area contributed by atoms with Crippen LogP contribution in [0.5, 0.6) is 0 Å². The van der Waals surface area contributed by atoms with Crippen LogP contribution in [-0.4, -0.2) is 42.8 Å². The molecule has 4 nitrogen and oxygen atoms in total. The number of Topliss-reactive ketones (excluding diaryl/α,β-unsaturated/α-hetero) is 1. The highest BCUT2D eigenvalue weighted by molar-refractivity contribution is 5.81. The first-order valence-electron chi connectivity index (χ1n) is 10.5. The Morgan fingerprint density at radius 1 is 0.840 bits per heavy atom. The Bertz CT molecular complexity index is 340. The van der Waals surface area contributed by atoms with Crippen molar-refractivity contribution in [1.29, 1.82) is 0 Å². The van der Waals surface area contributed by atoms with Crippen LogP contribution in [0.1, 0.15) is 86.0 Å². The molecule has 0 rings (SSSR count). The van der Waals surface area contributed by atoms with Gasteiger partial charge < -0.3 is 10.2 Å². The zero-order valence-electron chi connectivity index (χ0n) is 17.4. The van der Waals surface area contributed by atoms with Gasteiger partial charge in [0.25, 0.3) is 0 Å². The summed E-state index contributed by atoms with van der Waals surface area (Å²) in [5.41, 5.74) is 0. The lowest BCUT2D eigenvalue weighted by atomic mass is 9.95. The van der Waals surface area contributed by atoms with E-state index < -0.39 is 0 Å². The van der Waals surface area contributed by atoms with Gasteiger partial charge in [-0.25, -0.2) is 0 Å². The summed E-state index contributed by atoms with van der Waals surface area (Å²) in [6.45, 7) is 12.7. The van der Waals surface area contributed by atoms with Gasteiger partial charge in [0.15, 0.2) is 0 Å². The van der Waals surface area contributed by atoms with Gasteiger partial charge in [-0.3, -0.25) is 9.59 Å². The molecule has 25 heavy (non-hydrogen) atoms. The number of ketones is 1. The van der Waals surface area contributed by atoms with Gasteiger partial charge in [0, 0.05) is 13.1 Å². The topological polar surface area (TPSA) is 49.4 Å². The van der Waals surface area contributed by atoms with Crippen LogP contribution >= 0.6 is 0 Å². The zero-order valence-corrected chi connectivity index (χ0v) is 17.4. The van der Waals surface area contributed by atoms with E-state index in [4.69, 9.17) is 0 Å². The molecule has 0 aliphatic carbocycles. The first kappa shape index (κ1) is 24.1. The van der Waals surface area contributed by atoms with Crippen LogP contribution in [0.4, 0.5) is 0 Å². The normalized spacial score (nSPS) is 13.5. The number of nitrogens with zero attached hydrogens (tertiary/aromatic N) is 1. The minimum atomic E-state index is 0.0723. The second-order valence-electron chi connectivity index (χ2n) is 7.44. The van der Waals surface area contributed by atoms with Gasteiger partial charge in [-0.15, -0.1) is 0 Å². The van der Waals surface area contributed by atoms with E-state index in [-0.39, 0.29) is 24.8 Å². The van der Waals surface area contributed by atoms with Gasteiger partial charge in [-0.05, 0) is 31.6 Å². The van der Waals surface area contributed by atoms with Gasteiger partial charge >= 0.3 is 0 Å². The Hall–Kier alpha value is -0.900. The molecule has 0 saturated carbocycles. The van der Waals surface area contributed by atoms with Gasteiger partial charge in [-0.1, -0.05) is 66.2 Å². The molecular weight excluding hydrogens is 312 g/mol. The summed E-state index contributed by atoms with van der Waals surface area (Å²) >= 11 is 0. The van der Waals surface area contributed by atoms with Gasteiger partial charge in [0.2, 0.25) is 5.91 Å². The van der Waals surface area contributed by atoms with Gasteiger partial charge in [0.1, 0.15) is 5.78 Å². The monoisotopic (exact) mass is 354 g/mol. The van der Waals surface area contributed by atoms with E-state index >= 15 is 0 Å². The molecule has 0 radical (unpaired) electrons. The molecule has 0 aromatic carbocycles. The quantitative estimate of drug-likeness (QED) is 0.446. The highest BCUT2D eigenvalue weighted by Crippen LogP contribution is 2.19. The summed E-state index contributed by atoms with van der Waals surface area (Å²) in [5.74, 6) is 1.38. The van der Waals surface area contributed by atoms with Crippen molar-refractivity contribution in [3.8, 4) is 0 Å². The fraction of sp³-hybridized carbons (Fsp3) is 0.905. The van der Waals surface area contributed by atoms with Crippen molar-refractivity contribution in [1.82, 2.24) is 10.2 Å². The molecule has 0 spiro atoms. The van der Waals surface area contributed by atoms with Crippen LogP contribution in [-0.2, 0) is 9.59 Å². The minimum Gasteiger partial charge on any atom is -0.341 e. The lowest BCUT2D eigenvalue weighted by Crippen LogP contribution is -2.44. The summed E-state index contributed by atoms with van der Waals surface area (Å²) in [6, 6.07) is 0. The Morgan fingerprint density at radius 3 is 1.68 bits per heavy atom. The number of unbranched alkanes of at least 4 members (excludes halogenated alkanes) is 2. The third kappa shape index (κ3) is 12.1. The molecular formula is C21H42N2O2. The van der Waals surface area contributed by atoms with Crippen molar-refractivity contribution < 1.29 is 9.59 Å². The largest absolute Gasteiger partial charge is 0.341 e. The zero-order chi connectivity index (χ0) is 19.1. The van der Waals surface area contributed by atoms with E-state index in [1.807, 2.05) is 0 Å². The lowest BCUT2D eigenvalue weighted by Gasteiger charge is -2.31. The van der Waals surface area contributed by atoms with Crippen LogP contribution < -0.4 is 5.32 Å². The number of nitrogens with one attached hydrogen (secondary N) is 1. The number of carbonyl (C=O) groups excluding carboxylic acids is 2. The van der Waals surface area contributed by atoms with Crippen LogP contribution in [0.2, 0.25) is 0 Å². The number of rotatable bonds is 16. The maximum Gasteiger partial charge on any atom is 0.236 e. The Labute approximate surface area is 156 Å². The van der Waals surface area contributed by atoms with Crippen molar-refractivity contribution >= 4 is 11.7 Å². The molecule has 0 aromatic heterocycles. The Morgan fingerprint density at radius 2 is 1.32 bits per heavy atom. The van der Waals surface area contributed by atoms with Crippen molar-refractivity contribution in [3.63, 3.8) is 0 Å². The molecule has 2 atom stereocenters. The number of amides is 1. The first-order chi connectivity index (χ1) is 12.0. The van der Waals surface area contributed by atoms with Crippen molar-refractivity contribution in [3.05, 3.63) is 0 Å². The maximum absolute atomic E-state index is 12.7. The molecule has 0 aliphatic heterocycles. The molecule has 0 fully saturated rings. The van der Waals surface area contributed by atoms with E-state index in [2.05, 4.69) is 37.9 Å². The van der Waals surface area contributed by atoms with Gasteiger partial charge in [0.05, 0.1) is 13.1 Å². The molecule has 0 saturated heterocycles. The smallest absolute Gasteiger partial charge is 0.236 e. The summed E-state index contributed by atoms with van der Waals surface area (Å²) in [4.78, 5) is 25.9. The second-order valence-corrected chi connectivity index (χ2v) is 7.44. The predicted octanol–water partition coefficient (Wildman–Crippen LogP) is 4.43. The van der Waals surface area contributed by atoms with Crippen molar-refractivity contribution in [2.45, 2.75) is 86.0 Å². The van der Waals surface area contributed by atoms with Crippen molar-refractivity contribution in [2.24, 2.45) is 11.8 Å². The van der Waals surface area contributed by atoms with Crippen LogP contribution in [0.25, 0.3) is 0 Å². The average molecular weight is 355 g/mol.